The van der Waals surface area contributed by atoms with E-state index in [2.05, 4.69) is 6.07 Å². The first-order valence-electron chi connectivity index (χ1n) is 9.10. The second-order valence-electron chi connectivity index (χ2n) is 7.23. The predicted octanol–water partition coefficient (Wildman–Crippen LogP) is 1.10. The first kappa shape index (κ1) is 18.9. The monoisotopic (exact) mass is 370 g/mol. The predicted molar refractivity (Wildman–Crippen MR) is 103 cm³/mol. The Hall–Kier alpha value is -2.83. The number of likely N-dealkylation sites (N-methyl/N-ethyl adjacent to an activating group) is 1. The van der Waals surface area contributed by atoms with E-state index in [0.29, 0.717) is 13.1 Å². The third-order valence-electron chi connectivity index (χ3n) is 5.17. The normalized spacial score (nSPS) is 17.3. The van der Waals surface area contributed by atoms with Crippen LogP contribution in [-0.2, 0) is 20.9 Å². The van der Waals surface area contributed by atoms with Gasteiger partial charge >= 0.3 is 0 Å². The number of fused-ring (bicyclic) bond motifs is 1. The van der Waals surface area contributed by atoms with Gasteiger partial charge in [0.15, 0.2) is 0 Å². The molecule has 1 aliphatic rings. The van der Waals surface area contributed by atoms with Gasteiger partial charge < -0.3 is 19.3 Å². The number of hydrogen-bond donors (Lipinski definition) is 0. The van der Waals surface area contributed by atoms with Gasteiger partial charge in [-0.2, -0.15) is 0 Å². The number of aryl methyl sites for hydroxylation is 1. The van der Waals surface area contributed by atoms with Crippen LogP contribution in [0.1, 0.15) is 12.6 Å². The highest BCUT2D eigenvalue weighted by Crippen LogP contribution is 2.20. The van der Waals surface area contributed by atoms with Crippen molar-refractivity contribution >= 4 is 28.6 Å². The number of carbonyl (C=O) groups excluding carboxylic acids is 3. The molecule has 2 heterocycles. The zero-order chi connectivity index (χ0) is 19.7. The molecule has 1 aliphatic heterocycles. The molecule has 0 bridgehead atoms. The van der Waals surface area contributed by atoms with Crippen LogP contribution in [0.4, 0.5) is 0 Å². The van der Waals surface area contributed by atoms with Gasteiger partial charge in [-0.1, -0.05) is 18.2 Å². The summed E-state index contributed by atoms with van der Waals surface area (Å²) in [7, 11) is 3.33. The molecule has 2 aromatic rings. The van der Waals surface area contributed by atoms with Crippen LogP contribution in [0.5, 0.6) is 0 Å². The van der Waals surface area contributed by atoms with E-state index in [1.54, 1.807) is 23.9 Å². The number of para-hydroxylation sites is 1. The Labute approximate surface area is 159 Å². The van der Waals surface area contributed by atoms with Crippen LogP contribution >= 0.6 is 0 Å². The summed E-state index contributed by atoms with van der Waals surface area (Å²) < 4.78 is 2.00. The van der Waals surface area contributed by atoms with Gasteiger partial charge in [-0.15, -0.1) is 0 Å². The largest absolute Gasteiger partial charge is 0.347 e. The summed E-state index contributed by atoms with van der Waals surface area (Å²) in [5.41, 5.74) is 2.04. The van der Waals surface area contributed by atoms with Crippen LogP contribution in [0, 0.1) is 6.92 Å². The molecule has 3 rings (SSSR count). The average molecular weight is 370 g/mol. The minimum atomic E-state index is -0.627. The fourth-order valence-corrected chi connectivity index (χ4v) is 3.69. The first-order valence-corrected chi connectivity index (χ1v) is 9.10. The molecule has 1 atom stereocenters. The van der Waals surface area contributed by atoms with Crippen LogP contribution < -0.4 is 0 Å². The molecule has 7 nitrogen and oxygen atoms in total. The van der Waals surface area contributed by atoms with Crippen LogP contribution in [0.15, 0.2) is 30.3 Å². The second-order valence-corrected chi connectivity index (χ2v) is 7.23. The SMILES string of the molecule is CC(=O)N1CCN(C(=O)Cn2c(C)cc3ccccc32)C[C@H]1C(=O)N(C)C. The van der Waals surface area contributed by atoms with E-state index in [9.17, 15) is 14.4 Å². The maximum absolute atomic E-state index is 13.0. The number of benzene rings is 1. The lowest BCUT2D eigenvalue weighted by Gasteiger charge is -2.41. The highest BCUT2D eigenvalue weighted by molar-refractivity contribution is 5.89. The molecule has 144 valence electrons. The van der Waals surface area contributed by atoms with Crippen LogP contribution in [0.25, 0.3) is 10.9 Å². The summed E-state index contributed by atoms with van der Waals surface area (Å²) in [6, 6.07) is 9.40. The van der Waals surface area contributed by atoms with Crippen LogP contribution in [0.2, 0.25) is 0 Å². The second kappa shape index (κ2) is 7.42. The highest BCUT2D eigenvalue weighted by atomic mass is 16.2. The molecule has 0 spiro atoms. The number of nitrogens with zero attached hydrogens (tertiary/aromatic N) is 4. The quantitative estimate of drug-likeness (QED) is 0.813. The van der Waals surface area contributed by atoms with Crippen molar-refractivity contribution in [2.45, 2.75) is 26.4 Å². The summed E-state index contributed by atoms with van der Waals surface area (Å²) in [6.45, 7) is 4.71. The first-order chi connectivity index (χ1) is 12.8. The Balaban J connectivity index is 1.79. The standard InChI is InChI=1S/C20H26N4O3/c1-14-11-16-7-5-6-8-17(16)24(14)13-19(26)22-9-10-23(15(2)25)18(12-22)20(27)21(3)4/h5-8,11,18H,9-10,12-13H2,1-4H3/t18-/m0/s1. The van der Waals surface area contributed by atoms with Crippen molar-refractivity contribution in [1.82, 2.24) is 19.3 Å². The summed E-state index contributed by atoms with van der Waals surface area (Å²) in [5, 5.41) is 1.10. The Kier molecular flexibility index (Phi) is 5.21. The fraction of sp³-hybridized carbons (Fsp3) is 0.450. The van der Waals surface area contributed by atoms with Crippen LogP contribution in [-0.4, -0.2) is 76.8 Å². The molecule has 0 radical (unpaired) electrons. The Bertz CT molecular complexity index is 886. The maximum Gasteiger partial charge on any atom is 0.246 e. The number of piperazine rings is 1. The third-order valence-corrected chi connectivity index (χ3v) is 5.17. The van der Waals surface area contributed by atoms with Crippen molar-refractivity contribution in [3.8, 4) is 0 Å². The van der Waals surface area contributed by atoms with Crippen molar-refractivity contribution < 1.29 is 14.4 Å². The lowest BCUT2D eigenvalue weighted by molar-refractivity contribution is -0.150. The molecule has 27 heavy (non-hydrogen) atoms. The van der Waals surface area contributed by atoms with Gasteiger partial charge in [0.2, 0.25) is 17.7 Å². The van der Waals surface area contributed by atoms with Gasteiger partial charge in [-0.3, -0.25) is 14.4 Å². The van der Waals surface area contributed by atoms with E-state index in [1.165, 1.54) is 11.8 Å². The maximum atomic E-state index is 13.0. The Morgan fingerprint density at radius 3 is 2.52 bits per heavy atom. The Morgan fingerprint density at radius 2 is 1.85 bits per heavy atom. The van der Waals surface area contributed by atoms with Crippen molar-refractivity contribution in [3.63, 3.8) is 0 Å². The number of aromatic nitrogens is 1. The van der Waals surface area contributed by atoms with Crippen molar-refractivity contribution in [1.29, 1.82) is 0 Å². The molecule has 0 unspecified atom stereocenters. The highest BCUT2D eigenvalue weighted by Gasteiger charge is 2.36. The molecule has 0 saturated carbocycles. The van der Waals surface area contributed by atoms with Crippen molar-refractivity contribution in [3.05, 3.63) is 36.0 Å². The molecule has 1 fully saturated rings. The number of carbonyl (C=O) groups is 3. The molecule has 1 aromatic carbocycles. The fourth-order valence-electron chi connectivity index (χ4n) is 3.69. The summed E-state index contributed by atoms with van der Waals surface area (Å²) in [5.74, 6) is -0.348. The van der Waals surface area contributed by atoms with Gasteiger partial charge in [-0.25, -0.2) is 0 Å². The number of hydrogen-bond acceptors (Lipinski definition) is 3. The average Bonchev–Trinajstić information content (AvgIpc) is 2.95. The van der Waals surface area contributed by atoms with E-state index in [4.69, 9.17) is 0 Å². The van der Waals surface area contributed by atoms with Gasteiger partial charge in [0.05, 0.1) is 6.54 Å². The smallest absolute Gasteiger partial charge is 0.246 e. The number of rotatable bonds is 3. The minimum absolute atomic E-state index is 0.0424. The molecule has 0 N–H and O–H groups in total. The molecule has 1 saturated heterocycles. The summed E-state index contributed by atoms with van der Waals surface area (Å²) in [4.78, 5) is 42.1. The van der Waals surface area contributed by atoms with E-state index in [1.807, 2.05) is 35.8 Å². The van der Waals surface area contributed by atoms with Gasteiger partial charge in [0.1, 0.15) is 12.6 Å². The molecule has 0 aliphatic carbocycles. The van der Waals surface area contributed by atoms with E-state index in [0.717, 1.165) is 16.6 Å². The third kappa shape index (κ3) is 3.67. The summed E-state index contributed by atoms with van der Waals surface area (Å²) in [6.07, 6.45) is 0. The van der Waals surface area contributed by atoms with Crippen LogP contribution in [0.3, 0.4) is 0 Å². The molecular weight excluding hydrogens is 344 g/mol. The summed E-state index contributed by atoms with van der Waals surface area (Å²) >= 11 is 0. The molecule has 7 heteroatoms. The minimum Gasteiger partial charge on any atom is -0.347 e. The molecule has 1 aromatic heterocycles. The molecular formula is C20H26N4O3. The van der Waals surface area contributed by atoms with Gasteiger partial charge in [-0.05, 0) is 24.4 Å². The topological polar surface area (TPSA) is 65.9 Å². The van der Waals surface area contributed by atoms with Crippen molar-refractivity contribution in [2.75, 3.05) is 33.7 Å². The molecule has 3 amide bonds. The lowest BCUT2D eigenvalue weighted by atomic mass is 10.1. The van der Waals surface area contributed by atoms with E-state index >= 15 is 0 Å². The number of amides is 3. The van der Waals surface area contributed by atoms with Crippen molar-refractivity contribution in [2.24, 2.45) is 0 Å². The van der Waals surface area contributed by atoms with E-state index < -0.39 is 6.04 Å². The Morgan fingerprint density at radius 1 is 1.15 bits per heavy atom. The zero-order valence-electron chi connectivity index (χ0n) is 16.3. The van der Waals surface area contributed by atoms with Gasteiger partial charge in [0, 0.05) is 45.3 Å². The zero-order valence-corrected chi connectivity index (χ0v) is 16.3. The van der Waals surface area contributed by atoms with E-state index in [-0.39, 0.29) is 30.8 Å². The lowest BCUT2D eigenvalue weighted by Crippen LogP contribution is -2.61. The van der Waals surface area contributed by atoms with Gasteiger partial charge in [0.25, 0.3) is 0 Å².